The van der Waals surface area contributed by atoms with Crippen LogP contribution in [0.5, 0.6) is 11.5 Å². The van der Waals surface area contributed by atoms with Gasteiger partial charge < -0.3 is 18.6 Å². The zero-order chi connectivity index (χ0) is 15.4. The van der Waals surface area contributed by atoms with E-state index < -0.39 is 5.97 Å². The number of carbonyl (C=O) groups is 1. The van der Waals surface area contributed by atoms with Gasteiger partial charge in [-0.25, -0.2) is 4.79 Å². The predicted octanol–water partition coefficient (Wildman–Crippen LogP) is 3.52. The fourth-order valence-corrected chi connectivity index (χ4v) is 1.90. The molecule has 0 fully saturated rings. The minimum atomic E-state index is -0.513. The summed E-state index contributed by atoms with van der Waals surface area (Å²) in [6.45, 7) is 3.81. The maximum absolute atomic E-state index is 11.4. The number of aryl methyl sites for hydroxylation is 1. The molecular formula is C16H18O5. The third kappa shape index (κ3) is 3.37. The molecule has 0 aliphatic carbocycles. The van der Waals surface area contributed by atoms with E-state index in [1.54, 1.807) is 19.2 Å². The number of hydrogen-bond donors (Lipinski definition) is 0. The molecule has 0 aliphatic heterocycles. The average Bonchev–Trinajstić information content (AvgIpc) is 2.98. The van der Waals surface area contributed by atoms with Crippen LogP contribution in [0.1, 0.15) is 34.9 Å². The first-order valence-electron chi connectivity index (χ1n) is 6.54. The summed E-state index contributed by atoms with van der Waals surface area (Å²) in [7, 11) is 2.90. The number of hydrogen-bond acceptors (Lipinski definition) is 5. The second kappa shape index (κ2) is 6.35. The van der Waals surface area contributed by atoms with Crippen molar-refractivity contribution >= 4 is 5.97 Å². The molecule has 0 saturated heterocycles. The molecule has 0 radical (unpaired) electrons. The fourth-order valence-electron chi connectivity index (χ4n) is 1.90. The molecule has 1 atom stereocenters. The number of rotatable bonds is 5. The first kappa shape index (κ1) is 15.0. The number of ether oxygens (including phenoxy) is 3. The molecule has 2 rings (SSSR count). The molecule has 0 amide bonds. The van der Waals surface area contributed by atoms with E-state index in [0.29, 0.717) is 17.3 Å². The van der Waals surface area contributed by atoms with Crippen molar-refractivity contribution < 1.29 is 23.4 Å². The molecule has 1 heterocycles. The number of furan rings is 1. The minimum Gasteiger partial charge on any atom is -0.493 e. The maximum atomic E-state index is 11.4. The van der Waals surface area contributed by atoms with E-state index >= 15 is 0 Å². The van der Waals surface area contributed by atoms with Gasteiger partial charge in [-0.1, -0.05) is 6.07 Å². The Kier molecular flexibility index (Phi) is 4.52. The topological polar surface area (TPSA) is 57.9 Å². The van der Waals surface area contributed by atoms with Crippen LogP contribution in [0.25, 0.3) is 0 Å². The molecule has 0 N–H and O–H groups in total. The first-order valence-corrected chi connectivity index (χ1v) is 6.54. The van der Waals surface area contributed by atoms with E-state index in [2.05, 4.69) is 4.74 Å². The van der Waals surface area contributed by atoms with Crippen LogP contribution in [0.2, 0.25) is 0 Å². The third-order valence-corrected chi connectivity index (χ3v) is 3.04. The average molecular weight is 290 g/mol. The largest absolute Gasteiger partial charge is 0.493 e. The van der Waals surface area contributed by atoms with Crippen molar-refractivity contribution in [2.24, 2.45) is 0 Å². The van der Waals surface area contributed by atoms with Gasteiger partial charge in [0.2, 0.25) is 5.76 Å². The molecule has 0 aliphatic rings. The van der Waals surface area contributed by atoms with Gasteiger partial charge in [-0.05, 0) is 43.7 Å². The van der Waals surface area contributed by atoms with E-state index in [1.807, 2.05) is 32.0 Å². The lowest BCUT2D eigenvalue weighted by Crippen LogP contribution is -2.04. The summed E-state index contributed by atoms with van der Waals surface area (Å²) < 4.78 is 21.2. The van der Waals surface area contributed by atoms with Gasteiger partial charge in [0.1, 0.15) is 5.76 Å². The molecule has 0 saturated carbocycles. The standard InChI is InChI=1S/C16H18O5/c1-10-5-6-13(15(9-10)18-3)20-11(2)12-7-8-14(21-12)16(17)19-4/h5-9,11H,1-4H3. The smallest absolute Gasteiger partial charge is 0.373 e. The zero-order valence-corrected chi connectivity index (χ0v) is 12.5. The number of benzene rings is 1. The molecule has 1 unspecified atom stereocenters. The Labute approximate surface area is 123 Å². The van der Waals surface area contributed by atoms with Crippen molar-refractivity contribution in [3.8, 4) is 11.5 Å². The molecule has 2 aromatic rings. The summed E-state index contributed by atoms with van der Waals surface area (Å²) >= 11 is 0. The fraction of sp³-hybridized carbons (Fsp3) is 0.312. The van der Waals surface area contributed by atoms with Gasteiger partial charge in [-0.3, -0.25) is 0 Å². The van der Waals surface area contributed by atoms with E-state index in [4.69, 9.17) is 13.9 Å². The van der Waals surface area contributed by atoms with Crippen molar-refractivity contribution in [1.29, 1.82) is 0 Å². The van der Waals surface area contributed by atoms with Crippen LogP contribution in [0.15, 0.2) is 34.7 Å². The summed E-state index contributed by atoms with van der Waals surface area (Å²) in [6.07, 6.45) is -0.361. The highest BCUT2D eigenvalue weighted by atomic mass is 16.5. The normalized spacial score (nSPS) is 11.8. The molecule has 5 nitrogen and oxygen atoms in total. The Morgan fingerprint density at radius 1 is 1.14 bits per heavy atom. The van der Waals surface area contributed by atoms with Crippen molar-refractivity contribution in [2.75, 3.05) is 14.2 Å². The van der Waals surface area contributed by atoms with Crippen molar-refractivity contribution in [2.45, 2.75) is 20.0 Å². The van der Waals surface area contributed by atoms with Gasteiger partial charge in [0.05, 0.1) is 14.2 Å². The van der Waals surface area contributed by atoms with Crippen LogP contribution in [-0.2, 0) is 4.74 Å². The summed E-state index contributed by atoms with van der Waals surface area (Å²) in [5.74, 6) is 1.45. The van der Waals surface area contributed by atoms with Crippen LogP contribution in [-0.4, -0.2) is 20.2 Å². The Morgan fingerprint density at radius 3 is 2.57 bits per heavy atom. The highest BCUT2D eigenvalue weighted by Crippen LogP contribution is 2.32. The lowest BCUT2D eigenvalue weighted by Gasteiger charge is -2.15. The SMILES string of the molecule is COC(=O)c1ccc(C(C)Oc2ccc(C)cc2OC)o1. The molecule has 0 bridgehead atoms. The Balaban J connectivity index is 2.16. The second-order valence-electron chi connectivity index (χ2n) is 4.61. The monoisotopic (exact) mass is 290 g/mol. The third-order valence-electron chi connectivity index (χ3n) is 3.04. The van der Waals surface area contributed by atoms with Gasteiger partial charge >= 0.3 is 5.97 Å². The lowest BCUT2D eigenvalue weighted by atomic mass is 10.2. The van der Waals surface area contributed by atoms with Crippen LogP contribution in [0, 0.1) is 6.92 Å². The second-order valence-corrected chi connectivity index (χ2v) is 4.61. The molecular weight excluding hydrogens is 272 g/mol. The predicted molar refractivity (Wildman–Crippen MR) is 76.8 cm³/mol. The van der Waals surface area contributed by atoms with Gasteiger partial charge in [-0.2, -0.15) is 0 Å². The molecule has 1 aromatic carbocycles. The Morgan fingerprint density at radius 2 is 1.90 bits per heavy atom. The highest BCUT2D eigenvalue weighted by Gasteiger charge is 2.17. The van der Waals surface area contributed by atoms with Crippen LogP contribution >= 0.6 is 0 Å². The van der Waals surface area contributed by atoms with E-state index in [9.17, 15) is 4.79 Å². The first-order chi connectivity index (χ1) is 10.0. The summed E-state index contributed by atoms with van der Waals surface area (Å²) in [5.41, 5.74) is 1.08. The summed E-state index contributed by atoms with van der Waals surface area (Å²) in [4.78, 5) is 11.4. The van der Waals surface area contributed by atoms with Crippen LogP contribution in [0.3, 0.4) is 0 Å². The maximum Gasteiger partial charge on any atom is 0.373 e. The van der Waals surface area contributed by atoms with Crippen LogP contribution < -0.4 is 9.47 Å². The minimum absolute atomic E-state index is 0.152. The molecule has 0 spiro atoms. The summed E-state index contributed by atoms with van der Waals surface area (Å²) in [5, 5.41) is 0. The number of carbonyl (C=O) groups excluding carboxylic acids is 1. The van der Waals surface area contributed by atoms with Gasteiger partial charge in [-0.15, -0.1) is 0 Å². The van der Waals surface area contributed by atoms with Crippen LogP contribution in [0.4, 0.5) is 0 Å². The van der Waals surface area contributed by atoms with E-state index in [0.717, 1.165) is 5.56 Å². The van der Waals surface area contributed by atoms with E-state index in [1.165, 1.54) is 7.11 Å². The lowest BCUT2D eigenvalue weighted by molar-refractivity contribution is 0.0558. The Bertz CT molecular complexity index is 629. The van der Waals surface area contributed by atoms with Gasteiger partial charge in [0.25, 0.3) is 0 Å². The summed E-state index contributed by atoms with van der Waals surface area (Å²) in [6, 6.07) is 8.93. The number of methoxy groups -OCH3 is 2. The quantitative estimate of drug-likeness (QED) is 0.788. The van der Waals surface area contributed by atoms with E-state index in [-0.39, 0.29) is 11.9 Å². The van der Waals surface area contributed by atoms with Gasteiger partial charge in [0.15, 0.2) is 17.6 Å². The molecule has 112 valence electrons. The molecule has 1 aromatic heterocycles. The zero-order valence-electron chi connectivity index (χ0n) is 12.5. The highest BCUT2D eigenvalue weighted by molar-refractivity contribution is 5.86. The number of esters is 1. The van der Waals surface area contributed by atoms with Crippen molar-refractivity contribution in [1.82, 2.24) is 0 Å². The molecule has 5 heteroatoms. The Hall–Kier alpha value is -2.43. The van der Waals surface area contributed by atoms with Gasteiger partial charge in [0, 0.05) is 0 Å². The molecule has 21 heavy (non-hydrogen) atoms. The van der Waals surface area contributed by atoms with Crippen molar-refractivity contribution in [3.05, 3.63) is 47.4 Å². The van der Waals surface area contributed by atoms with Crippen molar-refractivity contribution in [3.63, 3.8) is 0 Å².